The molecule has 0 aliphatic heterocycles. The Morgan fingerprint density at radius 1 is 1.19 bits per heavy atom. The number of hydrogen-bond acceptors (Lipinski definition) is 6. The quantitative estimate of drug-likeness (QED) is 0.690. The lowest BCUT2D eigenvalue weighted by Crippen LogP contribution is -2.15. The van der Waals surface area contributed by atoms with Crippen molar-refractivity contribution in [3.63, 3.8) is 0 Å². The van der Waals surface area contributed by atoms with Gasteiger partial charge in [-0.3, -0.25) is 4.79 Å². The average Bonchev–Trinajstić information content (AvgIpc) is 3.12. The topological polar surface area (TPSA) is 86.5 Å². The molecule has 3 aromatic rings. The van der Waals surface area contributed by atoms with Gasteiger partial charge in [-0.25, -0.2) is 0 Å². The number of nitrogens with zero attached hydrogens (tertiary/aromatic N) is 2. The Balaban J connectivity index is 1.70. The molecule has 1 amide bonds. The highest BCUT2D eigenvalue weighted by molar-refractivity contribution is 6.31. The van der Waals surface area contributed by atoms with Gasteiger partial charge in [0.2, 0.25) is 17.6 Å². The molecule has 0 radical (unpaired) electrons. The van der Waals surface area contributed by atoms with Crippen molar-refractivity contribution >= 4 is 23.2 Å². The fourth-order valence-electron chi connectivity index (χ4n) is 2.45. The van der Waals surface area contributed by atoms with Crippen molar-refractivity contribution in [1.29, 1.82) is 0 Å². The molecule has 0 bridgehead atoms. The summed E-state index contributed by atoms with van der Waals surface area (Å²) in [6.07, 6.45) is -0.0615. The first-order valence-electron chi connectivity index (χ1n) is 8.11. The van der Waals surface area contributed by atoms with E-state index in [9.17, 15) is 4.79 Å². The second-order valence-electron chi connectivity index (χ2n) is 5.77. The summed E-state index contributed by atoms with van der Waals surface area (Å²) in [5.74, 6) is 1.51. The summed E-state index contributed by atoms with van der Waals surface area (Å²) in [4.78, 5) is 16.6. The van der Waals surface area contributed by atoms with Crippen molar-refractivity contribution in [1.82, 2.24) is 10.1 Å². The molecule has 1 heterocycles. The molecule has 140 valence electrons. The largest absolute Gasteiger partial charge is 0.497 e. The number of hydrogen-bond donors (Lipinski definition) is 1. The van der Waals surface area contributed by atoms with Gasteiger partial charge in [0.25, 0.3) is 0 Å². The highest BCUT2D eigenvalue weighted by Crippen LogP contribution is 2.31. The second-order valence-corrected chi connectivity index (χ2v) is 6.17. The zero-order chi connectivity index (χ0) is 19.4. The van der Waals surface area contributed by atoms with Crippen LogP contribution in [0.4, 0.5) is 5.69 Å². The van der Waals surface area contributed by atoms with Crippen LogP contribution < -0.4 is 14.8 Å². The third-order valence-electron chi connectivity index (χ3n) is 3.88. The highest BCUT2D eigenvalue weighted by atomic mass is 35.5. The van der Waals surface area contributed by atoms with Gasteiger partial charge < -0.3 is 19.3 Å². The van der Waals surface area contributed by atoms with E-state index >= 15 is 0 Å². The lowest BCUT2D eigenvalue weighted by molar-refractivity contribution is -0.115. The third-order valence-corrected chi connectivity index (χ3v) is 4.29. The smallest absolute Gasteiger partial charge is 0.236 e. The van der Waals surface area contributed by atoms with Gasteiger partial charge in [-0.05, 0) is 42.8 Å². The normalized spacial score (nSPS) is 10.5. The summed E-state index contributed by atoms with van der Waals surface area (Å²) in [6, 6.07) is 10.6. The zero-order valence-corrected chi connectivity index (χ0v) is 15.8. The number of benzene rings is 2. The van der Waals surface area contributed by atoms with E-state index in [1.165, 1.54) is 7.11 Å². The predicted octanol–water partition coefficient (Wildman–Crippen LogP) is 3.90. The molecule has 27 heavy (non-hydrogen) atoms. The van der Waals surface area contributed by atoms with E-state index in [0.717, 1.165) is 16.9 Å². The van der Waals surface area contributed by atoms with Gasteiger partial charge in [-0.1, -0.05) is 16.8 Å². The minimum Gasteiger partial charge on any atom is -0.497 e. The molecule has 7 nitrogen and oxygen atoms in total. The number of aryl methyl sites for hydroxylation is 1. The molecule has 1 N–H and O–H groups in total. The number of methoxy groups -OCH3 is 2. The number of carbonyl (C=O) groups is 1. The van der Waals surface area contributed by atoms with E-state index < -0.39 is 0 Å². The van der Waals surface area contributed by atoms with Crippen molar-refractivity contribution in [3.8, 4) is 22.9 Å². The zero-order valence-electron chi connectivity index (χ0n) is 15.1. The molecule has 3 rings (SSSR count). The van der Waals surface area contributed by atoms with Gasteiger partial charge in [-0.15, -0.1) is 0 Å². The van der Waals surface area contributed by atoms with Crippen LogP contribution in [0.2, 0.25) is 5.02 Å². The Bertz CT molecular complexity index is 954. The maximum Gasteiger partial charge on any atom is 0.236 e. The van der Waals surface area contributed by atoms with Crippen molar-refractivity contribution in [2.45, 2.75) is 13.3 Å². The van der Waals surface area contributed by atoms with Crippen LogP contribution in [-0.4, -0.2) is 30.3 Å². The summed E-state index contributed by atoms with van der Waals surface area (Å²) in [7, 11) is 3.10. The first-order chi connectivity index (χ1) is 13.0. The Morgan fingerprint density at radius 3 is 2.59 bits per heavy atom. The molecule has 0 saturated carbocycles. The van der Waals surface area contributed by atoms with E-state index in [2.05, 4.69) is 15.5 Å². The Labute approximate surface area is 161 Å². The fourth-order valence-corrected chi connectivity index (χ4v) is 2.60. The lowest BCUT2D eigenvalue weighted by Gasteiger charge is -2.11. The van der Waals surface area contributed by atoms with Crippen molar-refractivity contribution < 1.29 is 18.8 Å². The molecule has 8 heteroatoms. The number of rotatable bonds is 6. The molecule has 2 aromatic carbocycles. The van der Waals surface area contributed by atoms with Gasteiger partial charge in [0.05, 0.1) is 19.9 Å². The van der Waals surface area contributed by atoms with Crippen LogP contribution in [0, 0.1) is 6.92 Å². The van der Waals surface area contributed by atoms with Gasteiger partial charge >= 0.3 is 0 Å². The molecule has 0 fully saturated rings. The molecule has 0 unspecified atom stereocenters. The van der Waals surface area contributed by atoms with Crippen LogP contribution in [-0.2, 0) is 11.2 Å². The van der Waals surface area contributed by atoms with E-state index in [1.54, 1.807) is 31.4 Å². The Kier molecular flexibility index (Phi) is 5.61. The minimum atomic E-state index is -0.306. The van der Waals surface area contributed by atoms with E-state index in [1.807, 2.05) is 19.1 Å². The summed E-state index contributed by atoms with van der Waals surface area (Å²) in [6.45, 7) is 1.84. The summed E-state index contributed by atoms with van der Waals surface area (Å²) >= 11 is 6.08. The van der Waals surface area contributed by atoms with Gasteiger partial charge in [0, 0.05) is 16.7 Å². The van der Waals surface area contributed by atoms with Crippen molar-refractivity contribution in [3.05, 3.63) is 52.9 Å². The fraction of sp³-hybridized carbons (Fsp3) is 0.211. The molecule has 0 spiro atoms. The molecule has 1 aromatic heterocycles. The SMILES string of the molecule is COc1ccc(-c2noc(CC(=O)Nc3cc(C)c(Cl)cc3OC)n2)cc1. The van der Waals surface area contributed by atoms with Crippen LogP contribution in [0.15, 0.2) is 40.9 Å². The maximum atomic E-state index is 12.3. The summed E-state index contributed by atoms with van der Waals surface area (Å²) in [5, 5.41) is 7.25. The van der Waals surface area contributed by atoms with Crippen LogP contribution >= 0.6 is 11.6 Å². The monoisotopic (exact) mass is 387 g/mol. The first-order valence-corrected chi connectivity index (χ1v) is 8.49. The van der Waals surface area contributed by atoms with Crippen LogP contribution in [0.3, 0.4) is 0 Å². The number of ether oxygens (including phenoxy) is 2. The average molecular weight is 388 g/mol. The first kappa shape index (κ1) is 18.7. The maximum absolute atomic E-state index is 12.3. The number of halogens is 1. The van der Waals surface area contributed by atoms with Crippen LogP contribution in [0.25, 0.3) is 11.4 Å². The lowest BCUT2D eigenvalue weighted by atomic mass is 10.2. The van der Waals surface area contributed by atoms with E-state index in [4.69, 9.17) is 25.6 Å². The molecule has 0 aliphatic carbocycles. The van der Waals surface area contributed by atoms with Crippen molar-refractivity contribution in [2.24, 2.45) is 0 Å². The predicted molar refractivity (Wildman–Crippen MR) is 101 cm³/mol. The molecular formula is C19H18ClN3O4. The molecule has 0 saturated heterocycles. The second kappa shape index (κ2) is 8.09. The molecule has 0 atom stereocenters. The highest BCUT2D eigenvalue weighted by Gasteiger charge is 2.15. The number of anilines is 1. The number of nitrogens with one attached hydrogen (secondary N) is 1. The summed E-state index contributed by atoms with van der Waals surface area (Å²) < 4.78 is 15.5. The number of amides is 1. The van der Waals surface area contributed by atoms with Gasteiger partial charge in [0.15, 0.2) is 0 Å². The Hall–Kier alpha value is -3.06. The summed E-state index contributed by atoms with van der Waals surface area (Å²) in [5.41, 5.74) is 2.12. The van der Waals surface area contributed by atoms with Crippen LogP contribution in [0.1, 0.15) is 11.5 Å². The minimum absolute atomic E-state index is 0.0615. The third kappa shape index (κ3) is 4.38. The Morgan fingerprint density at radius 2 is 1.93 bits per heavy atom. The van der Waals surface area contributed by atoms with Gasteiger partial charge in [-0.2, -0.15) is 4.98 Å². The number of carbonyl (C=O) groups excluding carboxylic acids is 1. The van der Waals surface area contributed by atoms with Gasteiger partial charge in [0.1, 0.15) is 17.9 Å². The van der Waals surface area contributed by atoms with E-state index in [-0.39, 0.29) is 18.2 Å². The van der Waals surface area contributed by atoms with Crippen molar-refractivity contribution in [2.75, 3.05) is 19.5 Å². The van der Waals surface area contributed by atoms with Crippen LogP contribution in [0.5, 0.6) is 11.5 Å². The number of aromatic nitrogens is 2. The molecular weight excluding hydrogens is 370 g/mol. The molecule has 0 aliphatic rings. The standard InChI is InChI=1S/C19H18ClN3O4/c1-11-8-15(16(26-3)9-14(11)20)21-17(24)10-18-22-19(23-27-18)12-4-6-13(25-2)7-5-12/h4-9H,10H2,1-3H3,(H,21,24). The van der Waals surface area contributed by atoms with E-state index in [0.29, 0.717) is 22.3 Å².